The molecule has 1 nitrogen and oxygen atoms in total. The van der Waals surface area contributed by atoms with E-state index in [1.54, 1.807) is 0 Å². The van der Waals surface area contributed by atoms with Crippen LogP contribution in [0.1, 0.15) is 18.4 Å². The molecule has 51 valence electrons. The van der Waals surface area contributed by atoms with Crippen LogP contribution in [-0.2, 0) is 10.7 Å². The van der Waals surface area contributed by atoms with Crippen LogP contribution in [0.25, 0.3) is 0 Å². The minimum atomic E-state index is -0.707. The molecule has 1 fully saturated rings. The predicted octanol–water partition coefficient (Wildman–Crippen LogP) is 2.11. The van der Waals surface area contributed by atoms with Crippen molar-refractivity contribution in [3.63, 3.8) is 0 Å². The monoisotopic (exact) mass is 133 g/mol. The maximum atomic E-state index is 11.4. The summed E-state index contributed by atoms with van der Waals surface area (Å²) in [5.74, 6) is 0. The van der Waals surface area contributed by atoms with Crippen LogP contribution in [0.15, 0.2) is 30.3 Å². The number of benzene rings is 1. The first kappa shape index (κ1) is 5.93. The summed E-state index contributed by atoms with van der Waals surface area (Å²) in [6, 6.07) is 9.62. The summed E-state index contributed by atoms with van der Waals surface area (Å²) in [5, 5.41) is 11.4. The van der Waals surface area contributed by atoms with E-state index in [-0.39, 0.29) is 0 Å². The number of rotatable bonds is 1. The molecule has 0 atom stereocenters. The van der Waals surface area contributed by atoms with Crippen molar-refractivity contribution in [3.8, 4) is 0 Å². The second-order valence-corrected chi connectivity index (χ2v) is 2.86. The highest BCUT2D eigenvalue weighted by Crippen LogP contribution is 2.45. The molecule has 0 bridgehead atoms. The highest BCUT2D eigenvalue weighted by atomic mass is 16.3. The normalized spacial score (nSPS) is 20.5. The van der Waals surface area contributed by atoms with Crippen molar-refractivity contribution in [2.24, 2.45) is 0 Å². The van der Waals surface area contributed by atoms with Crippen LogP contribution in [0.5, 0.6) is 0 Å². The molecule has 1 aliphatic rings. The van der Waals surface area contributed by atoms with Gasteiger partial charge >= 0.3 is 0 Å². The first-order valence-corrected chi connectivity index (χ1v) is 3.57. The molecule has 1 aromatic carbocycles. The molecule has 10 heavy (non-hydrogen) atoms. The van der Waals surface area contributed by atoms with Gasteiger partial charge in [-0.05, 0) is 18.4 Å². The van der Waals surface area contributed by atoms with Crippen LogP contribution < -0.4 is 0 Å². The minimum Gasteiger partial charge on any atom is -0.224 e. The molecule has 0 unspecified atom stereocenters. The third-order valence-electron chi connectivity index (χ3n) is 2.00. The molecule has 0 spiro atoms. The maximum Gasteiger partial charge on any atom is 0.129 e. The Morgan fingerprint density at radius 1 is 1.10 bits per heavy atom. The molecule has 0 aromatic heterocycles. The molecule has 0 aliphatic heterocycles. The molecule has 0 saturated heterocycles. The molecule has 2 rings (SSSR count). The molecular weight excluding hydrogens is 124 g/mol. The lowest BCUT2D eigenvalue weighted by molar-refractivity contribution is 0.0626. The van der Waals surface area contributed by atoms with Gasteiger partial charge < -0.3 is 0 Å². The standard InChI is InChI=1S/C9H9O/c10-9(6-7-9)8-4-2-1-3-5-8/h1-5H,6-7H2. The van der Waals surface area contributed by atoms with E-state index in [4.69, 9.17) is 0 Å². The van der Waals surface area contributed by atoms with Crippen molar-refractivity contribution in [2.45, 2.75) is 18.4 Å². The van der Waals surface area contributed by atoms with Gasteiger partial charge in [-0.25, -0.2) is 5.11 Å². The largest absolute Gasteiger partial charge is 0.224 e. The topological polar surface area (TPSA) is 19.9 Å². The second-order valence-electron chi connectivity index (χ2n) is 2.86. The van der Waals surface area contributed by atoms with Crippen molar-refractivity contribution in [3.05, 3.63) is 35.9 Å². The Balaban J connectivity index is 2.35. The molecule has 1 radical (unpaired) electrons. The average Bonchev–Trinajstić information content (AvgIpc) is 2.72. The van der Waals surface area contributed by atoms with E-state index >= 15 is 0 Å². The van der Waals surface area contributed by atoms with Gasteiger partial charge in [0.25, 0.3) is 0 Å². The van der Waals surface area contributed by atoms with Crippen molar-refractivity contribution in [1.82, 2.24) is 0 Å². The summed E-state index contributed by atoms with van der Waals surface area (Å²) in [6.45, 7) is 0. The van der Waals surface area contributed by atoms with Crippen LogP contribution in [0, 0.1) is 0 Å². The van der Waals surface area contributed by atoms with Crippen molar-refractivity contribution in [2.75, 3.05) is 0 Å². The molecule has 0 heterocycles. The van der Waals surface area contributed by atoms with Crippen molar-refractivity contribution >= 4 is 0 Å². The molecule has 1 aliphatic carbocycles. The summed E-state index contributed by atoms with van der Waals surface area (Å²) < 4.78 is 0. The van der Waals surface area contributed by atoms with E-state index < -0.39 is 5.60 Å². The fourth-order valence-corrected chi connectivity index (χ4v) is 1.14. The van der Waals surface area contributed by atoms with Crippen molar-refractivity contribution < 1.29 is 5.11 Å². The molecule has 1 heteroatoms. The number of hydrogen-bond acceptors (Lipinski definition) is 0. The zero-order chi connectivity index (χ0) is 7.03. The summed E-state index contributed by atoms with van der Waals surface area (Å²) in [6.07, 6.45) is 1.63. The van der Waals surface area contributed by atoms with Crippen LogP contribution >= 0.6 is 0 Å². The Morgan fingerprint density at radius 3 is 2.20 bits per heavy atom. The predicted molar refractivity (Wildman–Crippen MR) is 38.0 cm³/mol. The Labute approximate surface area is 60.3 Å². The van der Waals surface area contributed by atoms with Crippen LogP contribution in [-0.4, -0.2) is 0 Å². The average molecular weight is 133 g/mol. The summed E-state index contributed by atoms with van der Waals surface area (Å²) >= 11 is 0. The summed E-state index contributed by atoms with van der Waals surface area (Å²) in [4.78, 5) is 0. The minimum absolute atomic E-state index is 0.707. The molecular formula is C9H9O. The Bertz CT molecular complexity index is 224. The SMILES string of the molecule is [O]C1(c2ccccc2)CC1. The zero-order valence-electron chi connectivity index (χ0n) is 5.71. The highest BCUT2D eigenvalue weighted by Gasteiger charge is 2.44. The molecule has 0 N–H and O–H groups in total. The first-order chi connectivity index (χ1) is 4.81. The third kappa shape index (κ3) is 0.830. The fourth-order valence-electron chi connectivity index (χ4n) is 1.14. The fraction of sp³-hybridized carbons (Fsp3) is 0.333. The molecule has 0 amide bonds. The first-order valence-electron chi connectivity index (χ1n) is 3.57. The van der Waals surface area contributed by atoms with Gasteiger partial charge in [0.1, 0.15) is 5.60 Å². The van der Waals surface area contributed by atoms with Crippen molar-refractivity contribution in [1.29, 1.82) is 0 Å². The Kier molecular flexibility index (Phi) is 1.08. The van der Waals surface area contributed by atoms with E-state index in [0.717, 1.165) is 18.4 Å². The highest BCUT2D eigenvalue weighted by molar-refractivity contribution is 5.26. The maximum absolute atomic E-state index is 11.4. The lowest BCUT2D eigenvalue weighted by Gasteiger charge is -2.02. The van der Waals surface area contributed by atoms with Gasteiger partial charge in [0.15, 0.2) is 0 Å². The van der Waals surface area contributed by atoms with Crippen LogP contribution in [0.4, 0.5) is 0 Å². The van der Waals surface area contributed by atoms with Gasteiger partial charge in [-0.1, -0.05) is 30.3 Å². The molecule has 1 saturated carbocycles. The van der Waals surface area contributed by atoms with Crippen LogP contribution in [0.2, 0.25) is 0 Å². The summed E-state index contributed by atoms with van der Waals surface area (Å²) in [5.41, 5.74) is 0.247. The summed E-state index contributed by atoms with van der Waals surface area (Å²) in [7, 11) is 0. The van der Waals surface area contributed by atoms with E-state index in [1.807, 2.05) is 30.3 Å². The van der Waals surface area contributed by atoms with Gasteiger partial charge in [-0.15, -0.1) is 0 Å². The smallest absolute Gasteiger partial charge is 0.129 e. The second kappa shape index (κ2) is 1.83. The van der Waals surface area contributed by atoms with E-state index in [2.05, 4.69) is 0 Å². The zero-order valence-corrected chi connectivity index (χ0v) is 5.71. The molecule has 1 aromatic rings. The number of hydrogen-bond donors (Lipinski definition) is 0. The Morgan fingerprint density at radius 2 is 1.70 bits per heavy atom. The van der Waals surface area contributed by atoms with Gasteiger partial charge in [-0.3, -0.25) is 0 Å². The van der Waals surface area contributed by atoms with Crippen LogP contribution in [0.3, 0.4) is 0 Å². The van der Waals surface area contributed by atoms with E-state index in [0.29, 0.717) is 0 Å². The lowest BCUT2D eigenvalue weighted by atomic mass is 10.1. The third-order valence-corrected chi connectivity index (χ3v) is 2.00. The Hall–Kier alpha value is -0.820. The quantitative estimate of drug-likeness (QED) is 0.559. The van der Waals surface area contributed by atoms with E-state index in [1.165, 1.54) is 0 Å². The lowest BCUT2D eigenvalue weighted by Crippen LogP contribution is -2.00. The van der Waals surface area contributed by atoms with Gasteiger partial charge in [-0.2, -0.15) is 0 Å². The van der Waals surface area contributed by atoms with Gasteiger partial charge in [0.05, 0.1) is 0 Å². The van der Waals surface area contributed by atoms with Gasteiger partial charge in [0.2, 0.25) is 0 Å². The van der Waals surface area contributed by atoms with E-state index in [9.17, 15) is 5.11 Å². The van der Waals surface area contributed by atoms with Gasteiger partial charge in [0, 0.05) is 0 Å².